The number of carboxylic acid groups (broad SMARTS) is 1. The monoisotopic (exact) mass is 423 g/mol. The Labute approximate surface area is 184 Å². The van der Waals surface area contributed by atoms with Crippen LogP contribution in [0.25, 0.3) is 0 Å². The lowest BCUT2D eigenvalue weighted by molar-refractivity contribution is -0.138. The first-order valence-corrected chi connectivity index (χ1v) is 11.2. The molecule has 2 aromatic rings. The van der Waals surface area contributed by atoms with Gasteiger partial charge in [0.2, 0.25) is 0 Å². The Hall–Kier alpha value is -2.67. The molecule has 0 spiro atoms. The molecule has 0 bridgehead atoms. The van der Waals surface area contributed by atoms with Gasteiger partial charge in [-0.25, -0.2) is 4.98 Å². The van der Waals surface area contributed by atoms with Crippen LogP contribution in [0.5, 0.6) is 0 Å². The third-order valence-corrected chi connectivity index (χ3v) is 6.68. The number of piperidine rings is 1. The maximum Gasteiger partial charge on any atom is 0.317 e. The van der Waals surface area contributed by atoms with E-state index >= 15 is 0 Å². The Bertz CT molecular complexity index is 928. The van der Waals surface area contributed by atoms with Crippen LogP contribution in [0.4, 0.5) is 11.6 Å². The zero-order chi connectivity index (χ0) is 22.0. The van der Waals surface area contributed by atoms with Crippen molar-refractivity contribution < 1.29 is 9.90 Å². The molecule has 3 heterocycles. The summed E-state index contributed by atoms with van der Waals surface area (Å²) in [5.41, 5.74) is 3.82. The number of carboxylic acids is 1. The molecule has 7 nitrogen and oxygen atoms in total. The molecule has 2 aliphatic rings. The van der Waals surface area contributed by atoms with Crippen molar-refractivity contribution in [2.45, 2.75) is 39.7 Å². The van der Waals surface area contributed by atoms with Gasteiger partial charge < -0.3 is 15.3 Å². The van der Waals surface area contributed by atoms with Crippen molar-refractivity contribution in [3.63, 3.8) is 0 Å². The molecule has 2 unspecified atom stereocenters. The quantitative estimate of drug-likeness (QED) is 0.705. The number of aryl methyl sites for hydroxylation is 2. The molecule has 1 aromatic heterocycles. The summed E-state index contributed by atoms with van der Waals surface area (Å²) in [5, 5.41) is 12.6. The summed E-state index contributed by atoms with van der Waals surface area (Å²) < 4.78 is 0. The molecule has 2 N–H and O–H groups in total. The van der Waals surface area contributed by atoms with E-state index in [1.54, 1.807) is 6.20 Å². The van der Waals surface area contributed by atoms with Gasteiger partial charge in [-0.2, -0.15) is 0 Å². The molecule has 7 heteroatoms. The molecule has 4 rings (SSSR count). The number of aromatic nitrogens is 2. The lowest BCUT2D eigenvalue weighted by Gasteiger charge is -2.46. The van der Waals surface area contributed by atoms with Crippen LogP contribution in [0.1, 0.15) is 42.5 Å². The van der Waals surface area contributed by atoms with Gasteiger partial charge in [0.25, 0.3) is 0 Å². The third-order valence-electron chi connectivity index (χ3n) is 6.68. The van der Waals surface area contributed by atoms with E-state index in [-0.39, 0.29) is 12.6 Å². The summed E-state index contributed by atoms with van der Waals surface area (Å²) in [7, 11) is 0. The lowest BCUT2D eigenvalue weighted by atomic mass is 9.80. The van der Waals surface area contributed by atoms with Crippen molar-refractivity contribution in [1.29, 1.82) is 0 Å². The van der Waals surface area contributed by atoms with Gasteiger partial charge in [0.15, 0.2) is 0 Å². The van der Waals surface area contributed by atoms with Crippen molar-refractivity contribution in [3.8, 4) is 0 Å². The number of rotatable bonds is 7. The van der Waals surface area contributed by atoms with E-state index < -0.39 is 5.97 Å². The number of likely N-dealkylation sites (tertiary alicyclic amines) is 1. The van der Waals surface area contributed by atoms with Gasteiger partial charge in [-0.15, -0.1) is 0 Å². The van der Waals surface area contributed by atoms with E-state index in [4.69, 9.17) is 10.1 Å². The SMILES string of the molecule is Cc1ccc(C(C)Nc2cncc(N3CC(C4CCCN(CC(=O)O)C4)C3)n2)c(C)c1. The predicted octanol–water partition coefficient (Wildman–Crippen LogP) is 3.50. The second-order valence-electron chi connectivity index (χ2n) is 9.18. The zero-order valence-corrected chi connectivity index (χ0v) is 18.7. The van der Waals surface area contributed by atoms with Crippen LogP contribution < -0.4 is 10.2 Å². The molecule has 0 amide bonds. The zero-order valence-electron chi connectivity index (χ0n) is 18.7. The van der Waals surface area contributed by atoms with E-state index in [9.17, 15) is 4.79 Å². The van der Waals surface area contributed by atoms with E-state index in [0.717, 1.165) is 44.2 Å². The third kappa shape index (κ3) is 5.15. The minimum Gasteiger partial charge on any atom is -0.480 e. The average Bonchev–Trinajstić information content (AvgIpc) is 2.67. The topological polar surface area (TPSA) is 81.6 Å². The fourth-order valence-corrected chi connectivity index (χ4v) is 5.00. The van der Waals surface area contributed by atoms with Crippen molar-refractivity contribution in [1.82, 2.24) is 14.9 Å². The van der Waals surface area contributed by atoms with Crippen molar-refractivity contribution >= 4 is 17.6 Å². The summed E-state index contributed by atoms with van der Waals surface area (Å²) in [6.07, 6.45) is 5.89. The highest BCUT2D eigenvalue weighted by molar-refractivity contribution is 5.69. The molecule has 2 saturated heterocycles. The minimum atomic E-state index is -0.731. The maximum atomic E-state index is 11.0. The van der Waals surface area contributed by atoms with Crippen LogP contribution in [0, 0.1) is 25.7 Å². The van der Waals surface area contributed by atoms with Gasteiger partial charge in [0.05, 0.1) is 25.0 Å². The highest BCUT2D eigenvalue weighted by Gasteiger charge is 2.36. The largest absolute Gasteiger partial charge is 0.480 e. The second-order valence-corrected chi connectivity index (χ2v) is 9.18. The normalized spacial score (nSPS) is 20.9. The minimum absolute atomic E-state index is 0.150. The molecular weight excluding hydrogens is 390 g/mol. The van der Waals surface area contributed by atoms with Gasteiger partial charge in [0.1, 0.15) is 11.6 Å². The Morgan fingerprint density at radius 3 is 2.77 bits per heavy atom. The van der Waals surface area contributed by atoms with Crippen LogP contribution in [0.15, 0.2) is 30.6 Å². The van der Waals surface area contributed by atoms with E-state index in [1.807, 2.05) is 6.20 Å². The Morgan fingerprint density at radius 1 is 1.23 bits per heavy atom. The Balaban J connectivity index is 1.34. The number of benzene rings is 1. The molecule has 0 aliphatic carbocycles. The standard InChI is InChI=1S/C24H33N5O2/c1-16-6-7-21(17(2)9-16)18(3)26-22-10-25-11-23(27-22)29-13-20(14-29)19-5-4-8-28(12-19)15-24(30)31/h6-7,9-11,18-20H,4-5,8,12-15H2,1-3H3,(H,26,27)(H,30,31). The molecule has 1 aromatic carbocycles. The highest BCUT2D eigenvalue weighted by Crippen LogP contribution is 2.33. The molecule has 2 fully saturated rings. The number of anilines is 2. The van der Waals surface area contributed by atoms with Gasteiger partial charge in [-0.3, -0.25) is 14.7 Å². The summed E-state index contributed by atoms with van der Waals surface area (Å²) >= 11 is 0. The molecule has 2 aliphatic heterocycles. The van der Waals surface area contributed by atoms with Crippen LogP contribution in [0.2, 0.25) is 0 Å². The molecule has 166 valence electrons. The van der Waals surface area contributed by atoms with Crippen LogP contribution >= 0.6 is 0 Å². The number of carbonyl (C=O) groups is 1. The first-order valence-electron chi connectivity index (χ1n) is 11.2. The van der Waals surface area contributed by atoms with Crippen LogP contribution in [0.3, 0.4) is 0 Å². The van der Waals surface area contributed by atoms with Gasteiger partial charge in [-0.05, 0) is 63.1 Å². The molecule has 0 saturated carbocycles. The van der Waals surface area contributed by atoms with E-state index in [0.29, 0.717) is 11.8 Å². The summed E-state index contributed by atoms with van der Waals surface area (Å²) in [4.78, 5) is 24.6. The number of nitrogens with zero attached hydrogens (tertiary/aromatic N) is 4. The summed E-state index contributed by atoms with van der Waals surface area (Å²) in [5.74, 6) is 2.14. The fraction of sp³-hybridized carbons (Fsp3) is 0.542. The fourth-order valence-electron chi connectivity index (χ4n) is 5.00. The Morgan fingerprint density at radius 2 is 2.03 bits per heavy atom. The molecule has 31 heavy (non-hydrogen) atoms. The maximum absolute atomic E-state index is 11.0. The first-order chi connectivity index (χ1) is 14.9. The number of hydrogen-bond donors (Lipinski definition) is 2. The number of nitrogens with one attached hydrogen (secondary N) is 1. The van der Waals surface area contributed by atoms with Crippen molar-refractivity contribution in [2.75, 3.05) is 42.9 Å². The van der Waals surface area contributed by atoms with Gasteiger partial charge in [-0.1, -0.05) is 23.8 Å². The van der Waals surface area contributed by atoms with Crippen molar-refractivity contribution in [3.05, 3.63) is 47.3 Å². The molecule has 2 atom stereocenters. The smallest absolute Gasteiger partial charge is 0.317 e. The molecule has 0 radical (unpaired) electrons. The predicted molar refractivity (Wildman–Crippen MR) is 122 cm³/mol. The number of hydrogen-bond acceptors (Lipinski definition) is 6. The van der Waals surface area contributed by atoms with E-state index in [1.165, 1.54) is 23.1 Å². The summed E-state index contributed by atoms with van der Waals surface area (Å²) in [6, 6.07) is 6.68. The van der Waals surface area contributed by atoms with Gasteiger partial charge >= 0.3 is 5.97 Å². The molecular formula is C24H33N5O2. The van der Waals surface area contributed by atoms with Crippen molar-refractivity contribution in [2.24, 2.45) is 11.8 Å². The highest BCUT2D eigenvalue weighted by atomic mass is 16.4. The van der Waals surface area contributed by atoms with E-state index in [2.05, 4.69) is 59.1 Å². The lowest BCUT2D eigenvalue weighted by Crippen LogP contribution is -2.54. The Kier molecular flexibility index (Phi) is 6.41. The average molecular weight is 424 g/mol. The van der Waals surface area contributed by atoms with Gasteiger partial charge in [0, 0.05) is 19.6 Å². The number of aliphatic carboxylic acids is 1. The summed E-state index contributed by atoms with van der Waals surface area (Å²) in [6.45, 7) is 10.3. The van der Waals surface area contributed by atoms with Crippen LogP contribution in [-0.2, 0) is 4.79 Å². The van der Waals surface area contributed by atoms with Crippen LogP contribution in [-0.4, -0.2) is 58.7 Å². The second kappa shape index (κ2) is 9.22. The first kappa shape index (κ1) is 21.6.